The van der Waals surface area contributed by atoms with Crippen LogP contribution >= 0.6 is 0 Å². The Morgan fingerprint density at radius 1 is 1.24 bits per heavy atom. The van der Waals surface area contributed by atoms with Gasteiger partial charge in [0.15, 0.2) is 0 Å². The van der Waals surface area contributed by atoms with E-state index in [0.29, 0.717) is 6.54 Å². The van der Waals surface area contributed by atoms with Gasteiger partial charge in [-0.25, -0.2) is 4.98 Å². The summed E-state index contributed by atoms with van der Waals surface area (Å²) in [4.78, 5) is 4.66. The summed E-state index contributed by atoms with van der Waals surface area (Å²) in [6.07, 6.45) is 2.07. The van der Waals surface area contributed by atoms with Gasteiger partial charge in [-0.05, 0) is 37.1 Å². The zero-order valence-electron chi connectivity index (χ0n) is 10.4. The normalized spacial score (nSPS) is 11.8. The number of rotatable bonds is 1. The number of nitrogens with two attached hydrogens (primary N) is 1. The van der Waals surface area contributed by atoms with E-state index in [1.807, 2.05) is 11.6 Å². The van der Waals surface area contributed by atoms with E-state index in [-0.39, 0.29) is 0 Å². The minimum atomic E-state index is 0.534. The van der Waals surface area contributed by atoms with Crippen LogP contribution in [0, 0.1) is 13.8 Å². The number of nitrogens with zero attached hydrogens (tertiary/aromatic N) is 3. The summed E-state index contributed by atoms with van der Waals surface area (Å²) in [5, 5.41) is 0. The second kappa shape index (κ2) is 3.34. The van der Waals surface area contributed by atoms with Crippen molar-refractivity contribution in [2.75, 3.05) is 0 Å². The molecule has 0 bridgehead atoms. The molecule has 1 aromatic carbocycles. The van der Waals surface area contributed by atoms with E-state index < -0.39 is 0 Å². The van der Waals surface area contributed by atoms with Crippen molar-refractivity contribution in [1.82, 2.24) is 14.0 Å². The van der Waals surface area contributed by atoms with Crippen molar-refractivity contribution in [2.45, 2.75) is 20.4 Å². The van der Waals surface area contributed by atoms with Gasteiger partial charge in [-0.1, -0.05) is 0 Å². The lowest BCUT2D eigenvalue weighted by Crippen LogP contribution is -2.02. The van der Waals surface area contributed by atoms with Crippen molar-refractivity contribution in [3.05, 3.63) is 35.2 Å². The first-order valence-corrected chi connectivity index (χ1v) is 5.75. The summed E-state index contributed by atoms with van der Waals surface area (Å²) >= 11 is 0. The highest BCUT2D eigenvalue weighted by molar-refractivity contribution is 5.81. The zero-order chi connectivity index (χ0) is 12.2. The van der Waals surface area contributed by atoms with Gasteiger partial charge in [0.1, 0.15) is 0 Å². The minimum absolute atomic E-state index is 0.534. The highest BCUT2D eigenvalue weighted by Gasteiger charge is 2.11. The molecule has 3 aromatic rings. The summed E-state index contributed by atoms with van der Waals surface area (Å²) in [5.41, 5.74) is 11.6. The van der Waals surface area contributed by atoms with E-state index >= 15 is 0 Å². The maximum atomic E-state index is 5.71. The fraction of sp³-hybridized carbons (Fsp3) is 0.308. The van der Waals surface area contributed by atoms with Crippen molar-refractivity contribution in [2.24, 2.45) is 12.8 Å². The Morgan fingerprint density at radius 2 is 1.94 bits per heavy atom. The van der Waals surface area contributed by atoms with Crippen LogP contribution in [-0.2, 0) is 13.6 Å². The molecule has 88 valence electrons. The molecule has 0 saturated carbocycles. The molecule has 2 heterocycles. The maximum absolute atomic E-state index is 5.71. The number of benzene rings is 1. The van der Waals surface area contributed by atoms with Gasteiger partial charge in [0.25, 0.3) is 0 Å². The Balaban J connectivity index is 2.46. The van der Waals surface area contributed by atoms with Crippen LogP contribution in [-0.4, -0.2) is 14.0 Å². The number of imidazole rings is 2. The third kappa shape index (κ3) is 1.31. The monoisotopic (exact) mass is 228 g/mol. The molecule has 0 spiro atoms. The topological polar surface area (TPSA) is 48.2 Å². The van der Waals surface area contributed by atoms with Crippen molar-refractivity contribution < 1.29 is 0 Å². The van der Waals surface area contributed by atoms with Gasteiger partial charge >= 0.3 is 0 Å². The summed E-state index contributed by atoms with van der Waals surface area (Å²) in [5.74, 6) is 0.949. The molecule has 0 saturated heterocycles. The molecule has 4 nitrogen and oxygen atoms in total. The Morgan fingerprint density at radius 3 is 2.65 bits per heavy atom. The third-order valence-electron chi connectivity index (χ3n) is 3.50. The average molecular weight is 228 g/mol. The van der Waals surface area contributed by atoms with Crippen LogP contribution in [0.3, 0.4) is 0 Å². The summed E-state index contributed by atoms with van der Waals surface area (Å²) in [6, 6.07) is 4.32. The molecule has 0 amide bonds. The van der Waals surface area contributed by atoms with Crippen LogP contribution in [0.15, 0.2) is 18.3 Å². The van der Waals surface area contributed by atoms with Crippen molar-refractivity contribution in [1.29, 1.82) is 0 Å². The van der Waals surface area contributed by atoms with E-state index in [9.17, 15) is 0 Å². The molecule has 0 atom stereocenters. The molecule has 0 radical (unpaired) electrons. The quantitative estimate of drug-likeness (QED) is 0.691. The number of fused-ring (bicyclic) bond motifs is 3. The first kappa shape index (κ1) is 10.4. The number of aryl methyl sites for hydroxylation is 3. The molecule has 0 aliphatic heterocycles. The van der Waals surface area contributed by atoms with E-state index in [1.165, 1.54) is 11.1 Å². The van der Waals surface area contributed by atoms with Gasteiger partial charge in [0.2, 0.25) is 5.78 Å². The Bertz CT molecular complexity index is 718. The van der Waals surface area contributed by atoms with Crippen LogP contribution < -0.4 is 5.73 Å². The maximum Gasteiger partial charge on any atom is 0.214 e. The van der Waals surface area contributed by atoms with E-state index in [4.69, 9.17) is 5.73 Å². The summed E-state index contributed by atoms with van der Waals surface area (Å²) < 4.78 is 4.16. The molecule has 4 heteroatoms. The zero-order valence-corrected chi connectivity index (χ0v) is 10.4. The van der Waals surface area contributed by atoms with Crippen LogP contribution in [0.1, 0.15) is 16.8 Å². The van der Waals surface area contributed by atoms with Crippen LogP contribution in [0.2, 0.25) is 0 Å². The number of hydrogen-bond acceptors (Lipinski definition) is 2. The van der Waals surface area contributed by atoms with E-state index in [0.717, 1.165) is 22.5 Å². The van der Waals surface area contributed by atoms with Gasteiger partial charge in [0.05, 0.1) is 16.7 Å². The molecule has 17 heavy (non-hydrogen) atoms. The molecule has 3 rings (SSSR count). The fourth-order valence-electron chi connectivity index (χ4n) is 2.26. The highest BCUT2D eigenvalue weighted by atomic mass is 15.2. The standard InChI is InChI=1S/C13H16N4/c1-8-4-11-12(5-9(8)2)17-7-10(6-14)16(3)13(17)15-11/h4-5,7H,6,14H2,1-3H3. The predicted molar refractivity (Wildman–Crippen MR) is 69.0 cm³/mol. The molecular formula is C13H16N4. The smallest absolute Gasteiger partial charge is 0.214 e. The van der Waals surface area contributed by atoms with Crippen LogP contribution in [0.25, 0.3) is 16.8 Å². The largest absolute Gasteiger partial charge is 0.325 e. The van der Waals surface area contributed by atoms with Gasteiger partial charge in [-0.2, -0.15) is 0 Å². The van der Waals surface area contributed by atoms with Crippen molar-refractivity contribution >= 4 is 16.8 Å². The fourth-order valence-corrected chi connectivity index (χ4v) is 2.26. The lowest BCUT2D eigenvalue weighted by molar-refractivity contribution is 0.840. The molecule has 2 N–H and O–H groups in total. The first-order valence-electron chi connectivity index (χ1n) is 5.75. The van der Waals surface area contributed by atoms with Gasteiger partial charge in [-0.15, -0.1) is 0 Å². The number of hydrogen-bond donors (Lipinski definition) is 1. The van der Waals surface area contributed by atoms with E-state index in [1.54, 1.807) is 0 Å². The second-order valence-corrected chi connectivity index (χ2v) is 4.59. The average Bonchev–Trinajstić information content (AvgIpc) is 2.78. The molecule has 0 fully saturated rings. The summed E-state index contributed by atoms with van der Waals surface area (Å²) in [6.45, 7) is 4.78. The van der Waals surface area contributed by atoms with Crippen LogP contribution in [0.5, 0.6) is 0 Å². The summed E-state index contributed by atoms with van der Waals surface area (Å²) in [7, 11) is 2.00. The van der Waals surface area contributed by atoms with E-state index in [2.05, 4.69) is 41.6 Å². The van der Waals surface area contributed by atoms with Gasteiger partial charge in [-0.3, -0.25) is 4.40 Å². The Kier molecular flexibility index (Phi) is 2.03. The predicted octanol–water partition coefficient (Wildman–Crippen LogP) is 1.90. The molecule has 0 aliphatic rings. The van der Waals surface area contributed by atoms with Crippen molar-refractivity contribution in [3.8, 4) is 0 Å². The Labute approximate surface area is 99.7 Å². The minimum Gasteiger partial charge on any atom is -0.325 e. The molecular weight excluding hydrogens is 212 g/mol. The first-order chi connectivity index (χ1) is 8.11. The van der Waals surface area contributed by atoms with Gasteiger partial charge < -0.3 is 10.3 Å². The lowest BCUT2D eigenvalue weighted by Gasteiger charge is -1.99. The third-order valence-corrected chi connectivity index (χ3v) is 3.50. The van der Waals surface area contributed by atoms with Crippen LogP contribution in [0.4, 0.5) is 0 Å². The lowest BCUT2D eigenvalue weighted by atomic mass is 10.1. The Hall–Kier alpha value is -1.81. The molecule has 0 aliphatic carbocycles. The second-order valence-electron chi connectivity index (χ2n) is 4.59. The number of aromatic nitrogens is 3. The highest BCUT2D eigenvalue weighted by Crippen LogP contribution is 2.22. The molecule has 2 aromatic heterocycles. The van der Waals surface area contributed by atoms with Crippen molar-refractivity contribution in [3.63, 3.8) is 0 Å². The molecule has 0 unspecified atom stereocenters. The SMILES string of the molecule is Cc1cc2nc3n(C)c(CN)cn3c2cc1C. The van der Waals surface area contributed by atoms with Gasteiger partial charge in [0, 0.05) is 19.8 Å².